The van der Waals surface area contributed by atoms with Gasteiger partial charge in [0.1, 0.15) is 17.3 Å². The predicted octanol–water partition coefficient (Wildman–Crippen LogP) is 3.59. The number of anilines is 1. The van der Waals surface area contributed by atoms with Crippen LogP contribution in [0.15, 0.2) is 36.4 Å². The average Bonchev–Trinajstić information content (AvgIpc) is 2.66. The van der Waals surface area contributed by atoms with Gasteiger partial charge < -0.3 is 10.1 Å². The highest BCUT2D eigenvalue weighted by atomic mass is 32.2. The quantitative estimate of drug-likeness (QED) is 0.582. The lowest BCUT2D eigenvalue weighted by atomic mass is 10.1. The van der Waals surface area contributed by atoms with E-state index in [1.165, 1.54) is 30.4 Å². The van der Waals surface area contributed by atoms with Gasteiger partial charge in [0.25, 0.3) is 0 Å². The summed E-state index contributed by atoms with van der Waals surface area (Å²) in [6, 6.07) is 5.73. The summed E-state index contributed by atoms with van der Waals surface area (Å²) in [6.07, 6.45) is 4.11. The number of carbonyl (C=O) groups is 1. The maximum Gasteiger partial charge on any atom is 0.244 e. The van der Waals surface area contributed by atoms with E-state index in [1.807, 2.05) is 6.92 Å². The Bertz CT molecular complexity index is 1030. The number of nitrogens with one attached hydrogen (secondary N) is 2. The minimum atomic E-state index is -3.85. The molecule has 0 saturated carbocycles. The first-order chi connectivity index (χ1) is 14.1. The highest BCUT2D eigenvalue weighted by Crippen LogP contribution is 2.23. The largest absolute Gasteiger partial charge is 0.493 e. The van der Waals surface area contributed by atoms with Gasteiger partial charge in [0, 0.05) is 24.3 Å². The van der Waals surface area contributed by atoms with E-state index >= 15 is 0 Å². The summed E-state index contributed by atoms with van der Waals surface area (Å²) in [7, 11) is -3.85. The Balaban J connectivity index is 2.05. The molecule has 0 unspecified atom stereocenters. The van der Waals surface area contributed by atoms with E-state index in [-0.39, 0.29) is 12.1 Å². The molecule has 0 fully saturated rings. The van der Waals surface area contributed by atoms with Gasteiger partial charge in [-0.1, -0.05) is 6.92 Å². The molecule has 6 nitrogen and oxygen atoms in total. The number of carbonyl (C=O) groups excluding carboxylic acids is 1. The van der Waals surface area contributed by atoms with Crippen molar-refractivity contribution >= 4 is 27.7 Å². The average molecular weight is 442 g/mol. The standard InChI is InChI=1S/C20H21F3N2O4S/c1-3-8-29-18-11-15(21)6-4-14(18)5-7-19(26)24-12-13-9-16(22)20(17(23)10-13)25-30(2,27)28/h4-7,9-11,25H,3,8,12H2,1-2H3,(H,24,26)/b7-5-. The molecule has 30 heavy (non-hydrogen) atoms. The number of sulfonamides is 1. The lowest BCUT2D eigenvalue weighted by Gasteiger charge is -2.10. The van der Waals surface area contributed by atoms with Gasteiger partial charge in [0.05, 0.1) is 12.9 Å². The van der Waals surface area contributed by atoms with Gasteiger partial charge in [-0.05, 0) is 42.3 Å². The molecule has 2 aromatic rings. The van der Waals surface area contributed by atoms with E-state index in [2.05, 4.69) is 5.32 Å². The fourth-order valence-electron chi connectivity index (χ4n) is 2.41. The highest BCUT2D eigenvalue weighted by molar-refractivity contribution is 7.92. The normalized spacial score (nSPS) is 11.5. The maximum absolute atomic E-state index is 14.0. The smallest absolute Gasteiger partial charge is 0.244 e. The molecule has 10 heteroatoms. The van der Waals surface area contributed by atoms with Crippen LogP contribution in [0, 0.1) is 17.5 Å². The molecular formula is C20H21F3N2O4S. The summed E-state index contributed by atoms with van der Waals surface area (Å²) < 4.78 is 70.9. The highest BCUT2D eigenvalue weighted by Gasteiger charge is 2.15. The molecule has 1 amide bonds. The van der Waals surface area contributed by atoms with Crippen molar-refractivity contribution in [3.63, 3.8) is 0 Å². The minimum Gasteiger partial charge on any atom is -0.493 e. The number of ether oxygens (including phenoxy) is 1. The van der Waals surface area contributed by atoms with Crippen LogP contribution in [-0.4, -0.2) is 27.2 Å². The zero-order chi connectivity index (χ0) is 22.3. The summed E-state index contributed by atoms with van der Waals surface area (Å²) in [6.45, 7) is 2.09. The van der Waals surface area contributed by atoms with Crippen molar-refractivity contribution in [1.82, 2.24) is 5.32 Å². The maximum atomic E-state index is 14.0. The van der Waals surface area contributed by atoms with E-state index in [0.29, 0.717) is 17.9 Å². The Labute approximate surface area is 172 Å². The van der Waals surface area contributed by atoms with Crippen molar-refractivity contribution in [2.24, 2.45) is 0 Å². The molecule has 0 heterocycles. The summed E-state index contributed by atoms with van der Waals surface area (Å²) in [4.78, 5) is 12.0. The van der Waals surface area contributed by atoms with Gasteiger partial charge in [-0.25, -0.2) is 21.6 Å². The second-order valence-electron chi connectivity index (χ2n) is 6.39. The molecule has 0 atom stereocenters. The van der Waals surface area contributed by atoms with Crippen molar-refractivity contribution in [2.75, 3.05) is 17.6 Å². The van der Waals surface area contributed by atoms with Crippen molar-refractivity contribution in [2.45, 2.75) is 19.9 Å². The molecule has 0 aliphatic rings. The monoisotopic (exact) mass is 442 g/mol. The molecule has 0 aliphatic heterocycles. The van der Waals surface area contributed by atoms with Crippen LogP contribution in [0.1, 0.15) is 24.5 Å². The number of halogens is 3. The van der Waals surface area contributed by atoms with Crippen molar-refractivity contribution in [1.29, 1.82) is 0 Å². The Morgan fingerprint density at radius 3 is 2.40 bits per heavy atom. The molecule has 0 aliphatic carbocycles. The lowest BCUT2D eigenvalue weighted by molar-refractivity contribution is -0.116. The zero-order valence-corrected chi connectivity index (χ0v) is 17.2. The predicted molar refractivity (Wildman–Crippen MR) is 108 cm³/mol. The fourth-order valence-corrected chi connectivity index (χ4v) is 2.97. The van der Waals surface area contributed by atoms with Crippen molar-refractivity contribution in [3.05, 3.63) is 65.0 Å². The van der Waals surface area contributed by atoms with Crippen LogP contribution in [0.3, 0.4) is 0 Å². The molecule has 162 valence electrons. The van der Waals surface area contributed by atoms with E-state index in [9.17, 15) is 26.4 Å². The van der Waals surface area contributed by atoms with Gasteiger partial charge in [-0.3, -0.25) is 9.52 Å². The molecule has 0 radical (unpaired) electrons. The lowest BCUT2D eigenvalue weighted by Crippen LogP contribution is -2.21. The number of amides is 1. The number of hydrogen-bond donors (Lipinski definition) is 2. The number of benzene rings is 2. The SMILES string of the molecule is CCCOc1cc(F)ccc1/C=C\C(=O)NCc1cc(F)c(NS(C)(=O)=O)c(F)c1. The van der Waals surface area contributed by atoms with E-state index in [4.69, 9.17) is 4.74 Å². The van der Waals surface area contributed by atoms with Crippen LogP contribution in [0.5, 0.6) is 5.75 Å². The molecule has 0 aromatic heterocycles. The summed E-state index contributed by atoms with van der Waals surface area (Å²) >= 11 is 0. The molecule has 0 bridgehead atoms. The van der Waals surface area contributed by atoms with E-state index in [0.717, 1.165) is 24.8 Å². The molecule has 2 N–H and O–H groups in total. The Hall–Kier alpha value is -3.01. The third-order valence-corrected chi connectivity index (χ3v) is 4.28. The zero-order valence-electron chi connectivity index (χ0n) is 16.3. The van der Waals surface area contributed by atoms with Gasteiger partial charge in [-0.2, -0.15) is 0 Å². The van der Waals surface area contributed by atoms with Crippen molar-refractivity contribution < 1.29 is 31.1 Å². The first-order valence-corrected chi connectivity index (χ1v) is 10.8. The Morgan fingerprint density at radius 2 is 1.80 bits per heavy atom. The third-order valence-electron chi connectivity index (χ3n) is 3.71. The Morgan fingerprint density at radius 1 is 1.13 bits per heavy atom. The molecule has 2 rings (SSSR count). The van der Waals surface area contributed by atoms with Crippen LogP contribution in [0.25, 0.3) is 6.08 Å². The minimum absolute atomic E-state index is 0.0968. The molecule has 0 saturated heterocycles. The van der Waals surface area contributed by atoms with Gasteiger partial charge >= 0.3 is 0 Å². The van der Waals surface area contributed by atoms with Gasteiger partial charge in [0.15, 0.2) is 11.6 Å². The summed E-state index contributed by atoms with van der Waals surface area (Å²) in [5, 5.41) is 2.45. The van der Waals surface area contributed by atoms with Crippen molar-refractivity contribution in [3.8, 4) is 5.75 Å². The van der Waals surface area contributed by atoms with Crippen LogP contribution < -0.4 is 14.8 Å². The summed E-state index contributed by atoms with van der Waals surface area (Å²) in [5.74, 6) is -2.95. The first-order valence-electron chi connectivity index (χ1n) is 8.93. The molecular weight excluding hydrogens is 421 g/mol. The van der Waals surface area contributed by atoms with E-state index in [1.54, 1.807) is 4.72 Å². The topological polar surface area (TPSA) is 84.5 Å². The van der Waals surface area contributed by atoms with Crippen LogP contribution >= 0.6 is 0 Å². The van der Waals surface area contributed by atoms with Crippen LogP contribution in [0.2, 0.25) is 0 Å². The second-order valence-corrected chi connectivity index (χ2v) is 8.14. The van der Waals surface area contributed by atoms with E-state index < -0.39 is 39.1 Å². The Kier molecular flexibility index (Phi) is 7.87. The third kappa shape index (κ3) is 7.11. The molecule has 2 aromatic carbocycles. The van der Waals surface area contributed by atoms with Crippen LogP contribution in [0.4, 0.5) is 18.9 Å². The fraction of sp³-hybridized carbons (Fsp3) is 0.250. The second kappa shape index (κ2) is 10.1. The van der Waals surface area contributed by atoms with Gasteiger partial charge in [-0.15, -0.1) is 0 Å². The van der Waals surface area contributed by atoms with Gasteiger partial charge in [0.2, 0.25) is 15.9 Å². The summed E-state index contributed by atoms with van der Waals surface area (Å²) in [5.41, 5.74) is -0.198. The first kappa shape index (κ1) is 23.3. The van der Waals surface area contributed by atoms with Crippen LogP contribution in [-0.2, 0) is 21.4 Å². The number of rotatable bonds is 9. The number of hydrogen-bond acceptors (Lipinski definition) is 4. The molecule has 0 spiro atoms.